The molecule has 0 radical (unpaired) electrons. The molecule has 6 heteroatoms. The lowest BCUT2D eigenvalue weighted by atomic mass is 9.96. The van der Waals surface area contributed by atoms with Crippen LogP contribution in [0.25, 0.3) is 0 Å². The minimum Gasteiger partial charge on any atom is -0.373 e. The van der Waals surface area contributed by atoms with Crippen LogP contribution in [0, 0.1) is 0 Å². The van der Waals surface area contributed by atoms with E-state index in [1.807, 2.05) is 31.2 Å². The molecule has 1 aromatic carbocycles. The van der Waals surface area contributed by atoms with Crippen LogP contribution in [0.2, 0.25) is 0 Å². The normalized spacial score (nSPS) is 24.5. The van der Waals surface area contributed by atoms with Crippen molar-refractivity contribution in [2.75, 3.05) is 11.9 Å². The summed E-state index contributed by atoms with van der Waals surface area (Å²) in [5.41, 5.74) is 1.94. The highest BCUT2D eigenvalue weighted by atomic mass is 16.5. The molecular weight excluding hydrogens is 328 g/mol. The summed E-state index contributed by atoms with van der Waals surface area (Å²) in [5.74, 6) is 0.902. The second-order valence-corrected chi connectivity index (χ2v) is 7.05. The summed E-state index contributed by atoms with van der Waals surface area (Å²) in [4.78, 5) is 16.3. The number of anilines is 1. The number of rotatable bonds is 7. The van der Waals surface area contributed by atoms with E-state index in [1.165, 1.54) is 6.42 Å². The molecule has 0 spiro atoms. The zero-order valence-corrected chi connectivity index (χ0v) is 15.8. The first kappa shape index (κ1) is 18.7. The van der Waals surface area contributed by atoms with Gasteiger partial charge in [0.1, 0.15) is 0 Å². The Labute approximate surface area is 155 Å². The second kappa shape index (κ2) is 9.03. The fourth-order valence-electron chi connectivity index (χ4n) is 3.60. The van der Waals surface area contributed by atoms with Crippen molar-refractivity contribution in [2.45, 2.75) is 70.7 Å². The average Bonchev–Trinajstić information content (AvgIpc) is 3.24. The number of ether oxygens (including phenoxy) is 1. The number of aliphatic imine (C=N–C) groups is 1. The average molecular weight is 358 g/mol. The maximum absolute atomic E-state index is 11.6. The number of fused-ring (bicyclic) bond motifs is 2. The van der Waals surface area contributed by atoms with Crippen molar-refractivity contribution in [1.82, 2.24) is 10.6 Å². The number of amides is 1. The van der Waals surface area contributed by atoms with E-state index in [2.05, 4.69) is 22.9 Å². The van der Waals surface area contributed by atoms with Gasteiger partial charge in [0, 0.05) is 18.7 Å². The summed E-state index contributed by atoms with van der Waals surface area (Å²) in [6.45, 7) is 5.50. The first-order valence-electron chi connectivity index (χ1n) is 9.77. The summed E-state index contributed by atoms with van der Waals surface area (Å²) in [7, 11) is 0. The SMILES string of the molecule is CCCC(=O)Nc1ccc(CN=C(NCC)NC2CC3CCC2O3)cc1. The maximum Gasteiger partial charge on any atom is 0.224 e. The van der Waals surface area contributed by atoms with Gasteiger partial charge >= 0.3 is 0 Å². The molecule has 0 saturated carbocycles. The van der Waals surface area contributed by atoms with Gasteiger partial charge in [-0.05, 0) is 50.3 Å². The van der Waals surface area contributed by atoms with E-state index in [-0.39, 0.29) is 5.91 Å². The lowest BCUT2D eigenvalue weighted by Crippen LogP contribution is -2.47. The Bertz CT molecular complexity index is 629. The summed E-state index contributed by atoms with van der Waals surface area (Å²) in [6.07, 6.45) is 5.57. The Morgan fingerprint density at radius 1 is 1.23 bits per heavy atom. The van der Waals surface area contributed by atoms with Gasteiger partial charge in [-0.1, -0.05) is 19.1 Å². The Balaban J connectivity index is 1.54. The smallest absolute Gasteiger partial charge is 0.224 e. The number of benzene rings is 1. The van der Waals surface area contributed by atoms with Gasteiger partial charge in [0.2, 0.25) is 5.91 Å². The van der Waals surface area contributed by atoms with Gasteiger partial charge < -0.3 is 20.7 Å². The highest BCUT2D eigenvalue weighted by Gasteiger charge is 2.41. The number of hydrogen-bond donors (Lipinski definition) is 3. The molecule has 26 heavy (non-hydrogen) atoms. The fourth-order valence-corrected chi connectivity index (χ4v) is 3.60. The van der Waals surface area contributed by atoms with E-state index in [4.69, 9.17) is 9.73 Å². The first-order chi connectivity index (χ1) is 12.7. The minimum atomic E-state index is 0.0602. The third kappa shape index (κ3) is 4.97. The predicted octanol–water partition coefficient (Wildman–Crippen LogP) is 2.80. The molecule has 6 nitrogen and oxygen atoms in total. The molecule has 2 saturated heterocycles. The Hall–Kier alpha value is -2.08. The molecule has 3 rings (SSSR count). The number of carbonyl (C=O) groups is 1. The van der Waals surface area contributed by atoms with Crippen LogP contribution in [0.5, 0.6) is 0 Å². The quantitative estimate of drug-likeness (QED) is 0.518. The molecule has 3 atom stereocenters. The van der Waals surface area contributed by atoms with Crippen molar-refractivity contribution < 1.29 is 9.53 Å². The van der Waals surface area contributed by atoms with E-state index in [9.17, 15) is 4.79 Å². The van der Waals surface area contributed by atoms with Crippen LogP contribution in [-0.4, -0.2) is 36.7 Å². The van der Waals surface area contributed by atoms with Crippen molar-refractivity contribution in [2.24, 2.45) is 4.99 Å². The molecule has 1 amide bonds. The molecule has 2 heterocycles. The first-order valence-corrected chi connectivity index (χ1v) is 9.77. The van der Waals surface area contributed by atoms with E-state index < -0.39 is 0 Å². The Morgan fingerprint density at radius 2 is 2.04 bits per heavy atom. The Morgan fingerprint density at radius 3 is 2.65 bits per heavy atom. The molecule has 2 aliphatic rings. The van der Waals surface area contributed by atoms with Gasteiger partial charge in [-0.25, -0.2) is 4.99 Å². The number of carbonyl (C=O) groups excluding carboxylic acids is 1. The fraction of sp³-hybridized carbons (Fsp3) is 0.600. The lowest BCUT2D eigenvalue weighted by molar-refractivity contribution is -0.116. The molecule has 0 aliphatic carbocycles. The number of hydrogen-bond acceptors (Lipinski definition) is 3. The lowest BCUT2D eigenvalue weighted by Gasteiger charge is -2.22. The largest absolute Gasteiger partial charge is 0.373 e. The number of guanidine groups is 1. The third-order valence-electron chi connectivity index (χ3n) is 4.91. The summed E-state index contributed by atoms with van der Waals surface area (Å²) < 4.78 is 5.91. The molecule has 142 valence electrons. The van der Waals surface area contributed by atoms with Crippen molar-refractivity contribution >= 4 is 17.6 Å². The molecule has 2 aliphatic heterocycles. The zero-order chi connectivity index (χ0) is 18.4. The molecule has 3 unspecified atom stereocenters. The second-order valence-electron chi connectivity index (χ2n) is 7.05. The van der Waals surface area contributed by atoms with Gasteiger partial charge in [-0.2, -0.15) is 0 Å². The van der Waals surface area contributed by atoms with Gasteiger partial charge in [0.15, 0.2) is 5.96 Å². The monoisotopic (exact) mass is 358 g/mol. The van der Waals surface area contributed by atoms with Crippen molar-refractivity contribution in [3.63, 3.8) is 0 Å². The standard InChI is InChI=1S/C20H30N4O2/c1-3-5-19(25)23-15-8-6-14(7-9-15)13-22-20(21-4-2)24-17-12-16-10-11-18(17)26-16/h6-9,16-18H,3-5,10-13H2,1-2H3,(H,23,25)(H2,21,22,24). The van der Waals surface area contributed by atoms with Crippen molar-refractivity contribution in [3.8, 4) is 0 Å². The molecule has 2 fully saturated rings. The zero-order valence-electron chi connectivity index (χ0n) is 15.8. The number of nitrogens with one attached hydrogen (secondary N) is 3. The van der Waals surface area contributed by atoms with Crippen LogP contribution in [0.4, 0.5) is 5.69 Å². The minimum absolute atomic E-state index is 0.0602. The highest BCUT2D eigenvalue weighted by Crippen LogP contribution is 2.34. The number of nitrogens with zero attached hydrogens (tertiary/aromatic N) is 1. The van der Waals surface area contributed by atoms with Crippen molar-refractivity contribution in [1.29, 1.82) is 0 Å². The maximum atomic E-state index is 11.6. The van der Waals surface area contributed by atoms with Gasteiger partial charge in [0.25, 0.3) is 0 Å². The summed E-state index contributed by atoms with van der Waals surface area (Å²) in [6, 6.07) is 8.25. The van der Waals surface area contributed by atoms with Crippen LogP contribution in [0.3, 0.4) is 0 Å². The van der Waals surface area contributed by atoms with Crippen LogP contribution in [-0.2, 0) is 16.1 Å². The molecule has 2 bridgehead atoms. The van der Waals surface area contributed by atoms with Gasteiger partial charge in [-0.15, -0.1) is 0 Å². The van der Waals surface area contributed by atoms with E-state index in [0.29, 0.717) is 31.2 Å². The van der Waals surface area contributed by atoms with Crippen molar-refractivity contribution in [3.05, 3.63) is 29.8 Å². The van der Waals surface area contributed by atoms with E-state index in [0.717, 1.165) is 43.0 Å². The van der Waals surface area contributed by atoms with Crippen LogP contribution < -0.4 is 16.0 Å². The highest BCUT2D eigenvalue weighted by molar-refractivity contribution is 5.90. The van der Waals surface area contributed by atoms with Crippen LogP contribution >= 0.6 is 0 Å². The Kier molecular flexibility index (Phi) is 6.50. The summed E-state index contributed by atoms with van der Waals surface area (Å²) in [5, 5.41) is 9.75. The molecule has 1 aromatic rings. The van der Waals surface area contributed by atoms with Gasteiger partial charge in [-0.3, -0.25) is 4.79 Å². The predicted molar refractivity (Wildman–Crippen MR) is 104 cm³/mol. The molecular formula is C20H30N4O2. The van der Waals surface area contributed by atoms with Crippen LogP contribution in [0.15, 0.2) is 29.3 Å². The van der Waals surface area contributed by atoms with E-state index in [1.54, 1.807) is 0 Å². The van der Waals surface area contributed by atoms with Crippen LogP contribution in [0.1, 0.15) is 51.5 Å². The topological polar surface area (TPSA) is 74.8 Å². The van der Waals surface area contributed by atoms with E-state index >= 15 is 0 Å². The van der Waals surface area contributed by atoms with Gasteiger partial charge in [0.05, 0.1) is 24.8 Å². The summed E-state index contributed by atoms with van der Waals surface area (Å²) >= 11 is 0. The molecule has 3 N–H and O–H groups in total. The molecule has 0 aromatic heterocycles. The third-order valence-corrected chi connectivity index (χ3v) is 4.91.